The largest absolute Gasteiger partial charge is 0.493 e. The lowest BCUT2D eigenvalue weighted by molar-refractivity contribution is 0.179. The minimum Gasteiger partial charge on any atom is -0.493 e. The average Bonchev–Trinajstić information content (AvgIpc) is 3.23. The first-order chi connectivity index (χ1) is 13.5. The highest BCUT2D eigenvalue weighted by Crippen LogP contribution is 2.19. The van der Waals surface area contributed by atoms with Crippen molar-refractivity contribution in [1.82, 2.24) is 0 Å². The van der Waals surface area contributed by atoms with E-state index in [4.69, 9.17) is 4.74 Å². The van der Waals surface area contributed by atoms with E-state index < -0.39 is 16.1 Å². The van der Waals surface area contributed by atoms with Crippen molar-refractivity contribution >= 4 is 33.1 Å². The number of rotatable bonds is 9. The molecule has 7 heteroatoms. The summed E-state index contributed by atoms with van der Waals surface area (Å²) >= 11 is 1.33. The quantitative estimate of drug-likeness (QED) is 0.550. The number of nitrogens with one attached hydrogen (secondary N) is 1. The van der Waals surface area contributed by atoms with E-state index in [0.717, 1.165) is 5.56 Å². The Hall–Kier alpha value is -2.61. The summed E-state index contributed by atoms with van der Waals surface area (Å²) in [6.45, 7) is 0.368. The summed E-state index contributed by atoms with van der Waals surface area (Å²) in [6, 6.07) is 18.8. The Morgan fingerprint density at radius 3 is 2.86 bits per heavy atom. The van der Waals surface area contributed by atoms with Crippen LogP contribution in [0.25, 0.3) is 6.08 Å². The van der Waals surface area contributed by atoms with Gasteiger partial charge in [0.25, 0.3) is 10.0 Å². The predicted molar refractivity (Wildman–Crippen MR) is 112 cm³/mol. The van der Waals surface area contributed by atoms with E-state index in [1.54, 1.807) is 53.2 Å². The molecule has 0 bridgehead atoms. The lowest BCUT2D eigenvalue weighted by Crippen LogP contribution is -2.12. The smallest absolute Gasteiger partial charge is 0.262 e. The first kappa shape index (κ1) is 20.1. The van der Waals surface area contributed by atoms with Gasteiger partial charge in [-0.3, -0.25) is 4.72 Å². The van der Waals surface area contributed by atoms with Crippen molar-refractivity contribution in [3.8, 4) is 5.75 Å². The van der Waals surface area contributed by atoms with Gasteiger partial charge in [0, 0.05) is 23.6 Å². The van der Waals surface area contributed by atoms with Gasteiger partial charge in [-0.25, -0.2) is 8.42 Å². The molecule has 0 unspecified atom stereocenters. The van der Waals surface area contributed by atoms with Crippen LogP contribution in [0.5, 0.6) is 5.75 Å². The number of aliphatic hydroxyl groups excluding tert-OH is 1. The molecule has 0 saturated heterocycles. The Labute approximate surface area is 169 Å². The number of ether oxygens (including phenoxy) is 1. The summed E-state index contributed by atoms with van der Waals surface area (Å²) in [5.74, 6) is 0.643. The van der Waals surface area contributed by atoms with E-state index >= 15 is 0 Å². The minimum absolute atomic E-state index is 0.240. The lowest BCUT2D eigenvalue weighted by Gasteiger charge is -2.09. The standard InChI is InChI=1S/C21H20NO4S2/c23-19(11-13-26-20-7-2-1-3-8-20)10-9-17-5-4-6-18(15-17)22-28(24,25)21-12-14-27-16-21/h1-7,9-10,12,14-16,19,22-23H,11,13H2/b10-9+/t19-/m0/s1. The zero-order chi connectivity index (χ0) is 19.8. The van der Waals surface area contributed by atoms with Crippen molar-refractivity contribution in [2.45, 2.75) is 17.4 Å². The second kappa shape index (κ2) is 9.54. The molecule has 5 nitrogen and oxygen atoms in total. The number of benzene rings is 2. The number of sulfonamides is 1. The minimum atomic E-state index is -3.59. The Balaban J connectivity index is 1.55. The van der Waals surface area contributed by atoms with Gasteiger partial charge >= 0.3 is 0 Å². The van der Waals surface area contributed by atoms with Gasteiger partial charge in [0.05, 0.1) is 17.6 Å². The van der Waals surface area contributed by atoms with Crippen LogP contribution in [-0.2, 0) is 10.0 Å². The third-order valence-corrected chi connectivity index (χ3v) is 6.02. The van der Waals surface area contributed by atoms with Crippen LogP contribution in [0.4, 0.5) is 5.69 Å². The van der Waals surface area contributed by atoms with E-state index in [1.807, 2.05) is 24.3 Å². The summed E-state index contributed by atoms with van der Waals surface area (Å²) in [7, 11) is -3.59. The van der Waals surface area contributed by atoms with Gasteiger partial charge in [-0.15, -0.1) is 0 Å². The van der Waals surface area contributed by atoms with Gasteiger partial charge in [-0.1, -0.05) is 42.5 Å². The normalized spacial score (nSPS) is 12.8. The van der Waals surface area contributed by atoms with Crippen molar-refractivity contribution in [2.24, 2.45) is 0 Å². The molecule has 1 atom stereocenters. The fourth-order valence-corrected chi connectivity index (χ4v) is 4.48. The van der Waals surface area contributed by atoms with Gasteiger partial charge in [-0.2, -0.15) is 11.3 Å². The molecule has 0 spiro atoms. The topological polar surface area (TPSA) is 75.6 Å². The van der Waals surface area contributed by atoms with Crippen LogP contribution < -0.4 is 9.46 Å². The summed E-state index contributed by atoms with van der Waals surface area (Å²) in [4.78, 5) is 0.240. The van der Waals surface area contributed by atoms with E-state index in [-0.39, 0.29) is 4.90 Å². The van der Waals surface area contributed by atoms with E-state index in [1.165, 1.54) is 11.3 Å². The van der Waals surface area contributed by atoms with Crippen molar-refractivity contribution < 1.29 is 18.3 Å². The van der Waals surface area contributed by atoms with E-state index in [2.05, 4.69) is 10.8 Å². The first-order valence-electron chi connectivity index (χ1n) is 8.64. The molecule has 3 rings (SSSR count). The van der Waals surface area contributed by atoms with E-state index in [9.17, 15) is 13.5 Å². The molecule has 0 fully saturated rings. The maximum Gasteiger partial charge on any atom is 0.262 e. The third kappa shape index (κ3) is 5.95. The number of anilines is 1. The Morgan fingerprint density at radius 2 is 2.11 bits per heavy atom. The second-order valence-electron chi connectivity index (χ2n) is 5.98. The van der Waals surface area contributed by atoms with Gasteiger partial charge < -0.3 is 9.84 Å². The Morgan fingerprint density at radius 1 is 1.21 bits per heavy atom. The van der Waals surface area contributed by atoms with Crippen LogP contribution in [0, 0.1) is 6.07 Å². The monoisotopic (exact) mass is 414 g/mol. The highest BCUT2D eigenvalue weighted by Gasteiger charge is 2.14. The van der Waals surface area contributed by atoms with Crippen molar-refractivity contribution in [2.75, 3.05) is 11.3 Å². The molecule has 145 valence electrons. The average molecular weight is 415 g/mol. The Kier molecular flexibility index (Phi) is 6.86. The molecule has 0 saturated carbocycles. The molecule has 2 aromatic carbocycles. The molecule has 1 radical (unpaired) electrons. The zero-order valence-electron chi connectivity index (χ0n) is 15.0. The van der Waals surface area contributed by atoms with Crippen LogP contribution in [0.3, 0.4) is 0 Å². The molecule has 0 aliphatic carbocycles. The van der Waals surface area contributed by atoms with Gasteiger partial charge in [0.15, 0.2) is 0 Å². The van der Waals surface area contributed by atoms with Crippen molar-refractivity contribution in [3.63, 3.8) is 0 Å². The molecule has 0 amide bonds. The van der Waals surface area contributed by atoms with Crippen LogP contribution in [0.2, 0.25) is 0 Å². The van der Waals surface area contributed by atoms with Crippen LogP contribution in [-0.4, -0.2) is 26.2 Å². The lowest BCUT2D eigenvalue weighted by atomic mass is 10.1. The maximum absolute atomic E-state index is 12.3. The molecular formula is C21H20NO4S2. The highest BCUT2D eigenvalue weighted by atomic mass is 32.2. The van der Waals surface area contributed by atoms with Crippen LogP contribution in [0.15, 0.2) is 76.3 Å². The number of hydrogen-bond donors (Lipinski definition) is 2. The number of aliphatic hydroxyl groups is 1. The fraction of sp³-hybridized carbons (Fsp3) is 0.143. The number of hydrogen-bond acceptors (Lipinski definition) is 5. The molecule has 1 heterocycles. The molecule has 3 aromatic rings. The zero-order valence-corrected chi connectivity index (χ0v) is 16.6. The molecule has 0 aliphatic heterocycles. The molecule has 0 aliphatic rings. The van der Waals surface area contributed by atoms with Crippen molar-refractivity contribution in [1.29, 1.82) is 0 Å². The third-order valence-electron chi connectivity index (χ3n) is 3.81. The summed E-state index contributed by atoms with van der Waals surface area (Å²) in [5, 5.41) is 13.4. The fourth-order valence-electron chi connectivity index (χ4n) is 2.40. The molecule has 28 heavy (non-hydrogen) atoms. The Bertz CT molecular complexity index is 1000. The number of thiophene rings is 1. The first-order valence-corrected chi connectivity index (χ1v) is 11.1. The predicted octanol–water partition coefficient (Wildman–Crippen LogP) is 4.19. The summed E-state index contributed by atoms with van der Waals surface area (Å²) < 4.78 is 32.7. The summed E-state index contributed by atoms with van der Waals surface area (Å²) in [6.07, 6.45) is 3.17. The maximum atomic E-state index is 12.3. The number of para-hydroxylation sites is 1. The van der Waals surface area contributed by atoms with Gasteiger partial charge in [0.2, 0.25) is 0 Å². The second-order valence-corrected chi connectivity index (χ2v) is 8.44. The van der Waals surface area contributed by atoms with Crippen molar-refractivity contribution in [3.05, 3.63) is 83.1 Å². The van der Waals surface area contributed by atoms with Gasteiger partial charge in [-0.05, 0) is 35.2 Å². The molecule has 1 aromatic heterocycles. The van der Waals surface area contributed by atoms with Gasteiger partial charge in [0.1, 0.15) is 5.75 Å². The SMILES string of the molecule is O=S(=O)(Nc1cccc(/C=C/[C@H](O)CCOc2[c]cccc2)c1)c1ccsc1. The van der Waals surface area contributed by atoms with Crippen LogP contribution in [0.1, 0.15) is 12.0 Å². The van der Waals surface area contributed by atoms with E-state index in [0.29, 0.717) is 24.5 Å². The van der Waals surface area contributed by atoms with Crippen LogP contribution >= 0.6 is 11.3 Å². The molecule has 2 N–H and O–H groups in total. The summed E-state index contributed by atoms with van der Waals surface area (Å²) in [5.41, 5.74) is 1.24. The highest BCUT2D eigenvalue weighted by molar-refractivity contribution is 7.92. The molecular weight excluding hydrogens is 394 g/mol.